The highest BCUT2D eigenvalue weighted by molar-refractivity contribution is 8.13. The molecule has 0 saturated heterocycles. The van der Waals surface area contributed by atoms with Crippen molar-refractivity contribution in [2.24, 2.45) is 0 Å². The van der Waals surface area contributed by atoms with Crippen molar-refractivity contribution in [3.63, 3.8) is 0 Å². The predicted molar refractivity (Wildman–Crippen MR) is 98.3 cm³/mol. The quantitative estimate of drug-likeness (QED) is 0.499. The summed E-state index contributed by atoms with van der Waals surface area (Å²) in [5.74, 6) is -1.35. The maximum atomic E-state index is 12.2. The van der Waals surface area contributed by atoms with Crippen molar-refractivity contribution in [1.29, 1.82) is 0 Å². The van der Waals surface area contributed by atoms with E-state index in [1.54, 1.807) is 11.5 Å². The maximum Gasteiger partial charge on any atom is 0.370 e. The number of imidazole rings is 1. The zero-order valence-electron chi connectivity index (χ0n) is 15.0. The molecule has 0 amide bonds. The number of hydrogen-bond acceptors (Lipinski definition) is 8. The molecule has 2 aromatic rings. The Labute approximate surface area is 160 Å². The van der Waals surface area contributed by atoms with Crippen molar-refractivity contribution in [3.8, 4) is 0 Å². The van der Waals surface area contributed by atoms with Gasteiger partial charge in [0.25, 0.3) is 0 Å². The summed E-state index contributed by atoms with van der Waals surface area (Å²) in [6, 6.07) is 9.50. The highest BCUT2D eigenvalue weighted by Gasteiger charge is 2.19. The topological polar surface area (TPSA) is 96.7 Å². The van der Waals surface area contributed by atoms with Crippen molar-refractivity contribution in [2.45, 2.75) is 19.9 Å². The molecule has 1 heterocycles. The Hall–Kier alpha value is -2.81. The van der Waals surface area contributed by atoms with Gasteiger partial charge in [0, 0.05) is 0 Å². The SMILES string of the molecule is CCOC(=O)CSC(=O)OCOC(=O)c1cncn1[C@H](C)c1ccccc1. The van der Waals surface area contributed by atoms with Crippen LogP contribution < -0.4 is 0 Å². The molecule has 0 unspecified atom stereocenters. The van der Waals surface area contributed by atoms with Crippen LogP contribution in [-0.2, 0) is 19.0 Å². The number of esters is 2. The van der Waals surface area contributed by atoms with E-state index in [0.717, 1.165) is 5.56 Å². The van der Waals surface area contributed by atoms with Gasteiger partial charge in [-0.25, -0.2) is 14.6 Å². The number of carbonyl (C=O) groups excluding carboxylic acids is 3. The third kappa shape index (κ3) is 6.14. The molecule has 8 nitrogen and oxygen atoms in total. The average Bonchev–Trinajstić information content (AvgIpc) is 3.16. The van der Waals surface area contributed by atoms with Crippen molar-refractivity contribution in [1.82, 2.24) is 9.55 Å². The van der Waals surface area contributed by atoms with Crippen molar-refractivity contribution >= 4 is 29.0 Å². The van der Waals surface area contributed by atoms with Crippen molar-refractivity contribution < 1.29 is 28.6 Å². The smallest absolute Gasteiger partial charge is 0.370 e. The predicted octanol–water partition coefficient (Wildman–Crippen LogP) is 3.04. The van der Waals surface area contributed by atoms with Crippen LogP contribution in [0.2, 0.25) is 0 Å². The Kier molecular flexibility index (Phi) is 7.87. The Morgan fingerprint density at radius 2 is 1.89 bits per heavy atom. The van der Waals surface area contributed by atoms with Crippen LogP contribution >= 0.6 is 11.8 Å². The van der Waals surface area contributed by atoms with Crippen LogP contribution in [0.4, 0.5) is 4.79 Å². The Balaban J connectivity index is 1.84. The van der Waals surface area contributed by atoms with Gasteiger partial charge in [-0.05, 0) is 31.2 Å². The molecule has 0 spiro atoms. The van der Waals surface area contributed by atoms with E-state index in [1.807, 2.05) is 37.3 Å². The highest BCUT2D eigenvalue weighted by Crippen LogP contribution is 2.19. The summed E-state index contributed by atoms with van der Waals surface area (Å²) < 4.78 is 16.1. The molecule has 1 aromatic heterocycles. The summed E-state index contributed by atoms with van der Waals surface area (Å²) in [5.41, 5.74) is 1.24. The van der Waals surface area contributed by atoms with Gasteiger partial charge in [-0.1, -0.05) is 30.3 Å². The largest absolute Gasteiger partial charge is 0.465 e. The molecule has 0 aliphatic heterocycles. The van der Waals surface area contributed by atoms with Crippen LogP contribution in [0.1, 0.15) is 35.9 Å². The molecule has 1 aromatic carbocycles. The van der Waals surface area contributed by atoms with Crippen molar-refractivity contribution in [3.05, 3.63) is 54.1 Å². The van der Waals surface area contributed by atoms with E-state index in [0.29, 0.717) is 11.8 Å². The molecular formula is C18H20N2O6S. The lowest BCUT2D eigenvalue weighted by Gasteiger charge is -2.16. The number of rotatable bonds is 8. The summed E-state index contributed by atoms with van der Waals surface area (Å²) in [5, 5.41) is -0.734. The summed E-state index contributed by atoms with van der Waals surface area (Å²) in [7, 11) is 0. The molecule has 0 N–H and O–H groups in total. The normalized spacial score (nSPS) is 11.5. The Morgan fingerprint density at radius 3 is 2.59 bits per heavy atom. The van der Waals surface area contributed by atoms with Crippen LogP contribution in [0, 0.1) is 0 Å². The molecule has 9 heteroatoms. The van der Waals surface area contributed by atoms with E-state index >= 15 is 0 Å². The molecule has 2 rings (SSSR count). The summed E-state index contributed by atoms with van der Waals surface area (Å²) >= 11 is 0.634. The van der Waals surface area contributed by atoms with Crippen LogP contribution in [0.5, 0.6) is 0 Å². The minimum absolute atomic E-state index is 0.126. The third-order valence-corrected chi connectivity index (χ3v) is 4.29. The van der Waals surface area contributed by atoms with Crippen molar-refractivity contribution in [2.75, 3.05) is 19.2 Å². The molecule has 0 aliphatic carbocycles. The fourth-order valence-corrected chi connectivity index (χ4v) is 2.68. The van der Waals surface area contributed by atoms with Crippen LogP contribution in [0.15, 0.2) is 42.9 Å². The van der Waals surface area contributed by atoms with Gasteiger partial charge in [0.15, 0.2) is 0 Å². The molecule has 0 aliphatic rings. The molecule has 0 radical (unpaired) electrons. The summed E-state index contributed by atoms with van der Waals surface area (Å²) in [6.07, 6.45) is 2.93. The number of ether oxygens (including phenoxy) is 3. The monoisotopic (exact) mass is 392 g/mol. The number of thioether (sulfide) groups is 1. The van der Waals surface area contributed by atoms with Gasteiger partial charge in [-0.3, -0.25) is 4.79 Å². The Bertz CT molecular complexity index is 777. The molecule has 27 heavy (non-hydrogen) atoms. The lowest BCUT2D eigenvalue weighted by molar-refractivity contribution is -0.139. The van der Waals surface area contributed by atoms with E-state index in [4.69, 9.17) is 14.2 Å². The first-order chi connectivity index (χ1) is 13.0. The molecule has 0 bridgehead atoms. The molecular weight excluding hydrogens is 372 g/mol. The van der Waals surface area contributed by atoms with Gasteiger partial charge in [0.2, 0.25) is 6.79 Å². The van der Waals surface area contributed by atoms with Crippen LogP contribution in [0.3, 0.4) is 0 Å². The second kappa shape index (κ2) is 10.4. The second-order valence-electron chi connectivity index (χ2n) is 5.31. The summed E-state index contributed by atoms with van der Waals surface area (Å²) in [6.45, 7) is 3.28. The van der Waals surface area contributed by atoms with Gasteiger partial charge in [0.1, 0.15) is 11.4 Å². The van der Waals surface area contributed by atoms with Crippen LogP contribution in [0.25, 0.3) is 0 Å². The fourth-order valence-electron chi connectivity index (χ4n) is 2.23. The van der Waals surface area contributed by atoms with Gasteiger partial charge < -0.3 is 18.8 Å². The zero-order chi connectivity index (χ0) is 19.6. The molecule has 144 valence electrons. The Morgan fingerprint density at radius 1 is 1.15 bits per heavy atom. The average molecular weight is 392 g/mol. The van der Waals surface area contributed by atoms with Gasteiger partial charge in [-0.15, -0.1) is 0 Å². The fraction of sp³-hybridized carbons (Fsp3) is 0.333. The van der Waals surface area contributed by atoms with Gasteiger partial charge in [0.05, 0.1) is 25.2 Å². The minimum atomic E-state index is -0.734. The number of nitrogens with zero attached hydrogens (tertiary/aromatic N) is 2. The first-order valence-electron chi connectivity index (χ1n) is 8.22. The number of hydrogen-bond donors (Lipinski definition) is 0. The van der Waals surface area contributed by atoms with Gasteiger partial charge in [-0.2, -0.15) is 0 Å². The standard InChI is InChI=1S/C18H20N2O6S/c1-3-24-16(21)10-27-18(23)26-12-25-17(22)15-9-19-11-20(15)13(2)14-7-5-4-6-8-14/h4-9,11,13H,3,10,12H2,1-2H3/t13-/m1/s1. The zero-order valence-corrected chi connectivity index (χ0v) is 15.8. The maximum absolute atomic E-state index is 12.2. The lowest BCUT2D eigenvalue weighted by atomic mass is 10.1. The lowest BCUT2D eigenvalue weighted by Crippen LogP contribution is -2.17. The summed E-state index contributed by atoms with van der Waals surface area (Å²) in [4.78, 5) is 38.9. The molecule has 0 fully saturated rings. The highest BCUT2D eigenvalue weighted by atomic mass is 32.2. The first kappa shape index (κ1) is 20.5. The van der Waals surface area contributed by atoms with E-state index in [2.05, 4.69) is 4.98 Å². The number of benzene rings is 1. The van der Waals surface area contributed by atoms with E-state index in [1.165, 1.54) is 12.5 Å². The molecule has 0 saturated carbocycles. The van der Waals surface area contributed by atoms with Gasteiger partial charge >= 0.3 is 17.2 Å². The van der Waals surface area contributed by atoms with E-state index < -0.39 is 24.0 Å². The van der Waals surface area contributed by atoms with E-state index in [9.17, 15) is 14.4 Å². The minimum Gasteiger partial charge on any atom is -0.465 e. The first-order valence-corrected chi connectivity index (χ1v) is 9.20. The molecule has 1 atom stereocenters. The number of aromatic nitrogens is 2. The second-order valence-corrected chi connectivity index (χ2v) is 6.22. The van der Waals surface area contributed by atoms with Crippen LogP contribution in [-0.4, -0.2) is 45.9 Å². The number of carbonyl (C=O) groups is 3. The van der Waals surface area contributed by atoms with E-state index in [-0.39, 0.29) is 24.1 Å². The third-order valence-electron chi connectivity index (χ3n) is 3.55.